The fourth-order valence-corrected chi connectivity index (χ4v) is 2.19. The first-order valence-electron chi connectivity index (χ1n) is 6.49. The molecule has 0 unspecified atom stereocenters. The number of carboxylic acids is 1. The number of aromatic hydroxyl groups is 1. The van der Waals surface area contributed by atoms with Crippen molar-refractivity contribution in [3.05, 3.63) is 24.3 Å². The van der Waals surface area contributed by atoms with Crippen molar-refractivity contribution in [1.29, 1.82) is 0 Å². The van der Waals surface area contributed by atoms with E-state index in [0.717, 1.165) is 0 Å². The van der Waals surface area contributed by atoms with E-state index in [-0.39, 0.29) is 29.9 Å². The number of aliphatic carboxylic acids is 1. The van der Waals surface area contributed by atoms with Gasteiger partial charge in [-0.15, -0.1) is 0 Å². The Balaban J connectivity index is 1.82. The number of ether oxygens (including phenoxy) is 1. The molecule has 1 aliphatic heterocycles. The first kappa shape index (κ1) is 14.2. The number of nitrogens with zero attached hydrogens (tertiary/aromatic N) is 1. The second-order valence-electron chi connectivity index (χ2n) is 4.75. The quantitative estimate of drug-likeness (QED) is 0.861. The van der Waals surface area contributed by atoms with Crippen LogP contribution in [0, 0.1) is 5.92 Å². The van der Waals surface area contributed by atoms with Gasteiger partial charge in [0.25, 0.3) is 5.91 Å². The summed E-state index contributed by atoms with van der Waals surface area (Å²) in [5.74, 6) is -1.11. The molecule has 0 spiro atoms. The molecule has 1 heterocycles. The van der Waals surface area contributed by atoms with Crippen LogP contribution in [0.4, 0.5) is 0 Å². The van der Waals surface area contributed by atoms with E-state index in [2.05, 4.69) is 0 Å². The Morgan fingerprint density at radius 3 is 2.50 bits per heavy atom. The van der Waals surface area contributed by atoms with E-state index in [4.69, 9.17) is 9.84 Å². The second-order valence-corrected chi connectivity index (χ2v) is 4.75. The molecule has 1 saturated heterocycles. The maximum absolute atomic E-state index is 11.9. The molecule has 1 aromatic carbocycles. The number of phenolic OH excluding ortho intramolecular Hbond substituents is 1. The van der Waals surface area contributed by atoms with Crippen LogP contribution in [0.15, 0.2) is 24.3 Å². The van der Waals surface area contributed by atoms with Gasteiger partial charge in [-0.25, -0.2) is 0 Å². The van der Waals surface area contributed by atoms with Crippen molar-refractivity contribution in [3.8, 4) is 11.5 Å². The normalized spacial score (nSPS) is 15.9. The smallest absolute Gasteiger partial charge is 0.306 e. The summed E-state index contributed by atoms with van der Waals surface area (Å²) in [5, 5.41) is 18.4. The largest absolute Gasteiger partial charge is 0.504 e. The molecule has 1 amide bonds. The number of piperidine rings is 1. The summed E-state index contributed by atoms with van der Waals surface area (Å²) in [6, 6.07) is 6.44. The SMILES string of the molecule is O=C(O)C1CCN(C(=O)COc2ccccc2O)CC1. The number of phenols is 1. The molecule has 2 N–H and O–H groups in total. The zero-order valence-corrected chi connectivity index (χ0v) is 11.0. The lowest BCUT2D eigenvalue weighted by Gasteiger charge is -2.30. The van der Waals surface area contributed by atoms with Gasteiger partial charge in [0.05, 0.1) is 5.92 Å². The maximum Gasteiger partial charge on any atom is 0.306 e. The van der Waals surface area contributed by atoms with Gasteiger partial charge in [0, 0.05) is 13.1 Å². The number of para-hydroxylation sites is 2. The average Bonchev–Trinajstić information content (AvgIpc) is 2.46. The van der Waals surface area contributed by atoms with Crippen molar-refractivity contribution in [1.82, 2.24) is 4.90 Å². The molecule has 20 heavy (non-hydrogen) atoms. The van der Waals surface area contributed by atoms with Crippen LogP contribution in [0.2, 0.25) is 0 Å². The van der Waals surface area contributed by atoms with Gasteiger partial charge in [-0.2, -0.15) is 0 Å². The summed E-state index contributed by atoms with van der Waals surface area (Å²) in [4.78, 5) is 24.4. The fourth-order valence-electron chi connectivity index (χ4n) is 2.19. The minimum absolute atomic E-state index is 0.00937. The highest BCUT2D eigenvalue weighted by Crippen LogP contribution is 2.24. The van der Waals surface area contributed by atoms with Crippen molar-refractivity contribution < 1.29 is 24.5 Å². The molecule has 0 aromatic heterocycles. The third kappa shape index (κ3) is 3.40. The van der Waals surface area contributed by atoms with Crippen LogP contribution in [0.1, 0.15) is 12.8 Å². The van der Waals surface area contributed by atoms with Crippen molar-refractivity contribution in [2.45, 2.75) is 12.8 Å². The first-order chi connectivity index (χ1) is 9.58. The summed E-state index contributed by atoms with van der Waals surface area (Å²) < 4.78 is 5.27. The predicted octanol–water partition coefficient (Wildman–Crippen LogP) is 1.09. The summed E-state index contributed by atoms with van der Waals surface area (Å²) in [7, 11) is 0. The minimum atomic E-state index is -0.803. The Morgan fingerprint density at radius 2 is 1.90 bits per heavy atom. The zero-order valence-electron chi connectivity index (χ0n) is 11.0. The number of carbonyl (C=O) groups is 2. The van der Waals surface area contributed by atoms with Crippen LogP contribution in [-0.4, -0.2) is 46.7 Å². The number of carboxylic acid groups (broad SMARTS) is 1. The van der Waals surface area contributed by atoms with Gasteiger partial charge in [-0.3, -0.25) is 9.59 Å². The number of benzene rings is 1. The van der Waals surface area contributed by atoms with E-state index in [0.29, 0.717) is 25.9 Å². The summed E-state index contributed by atoms with van der Waals surface area (Å²) in [6.07, 6.45) is 0.940. The zero-order chi connectivity index (χ0) is 14.5. The molecule has 6 nitrogen and oxygen atoms in total. The highest BCUT2D eigenvalue weighted by atomic mass is 16.5. The van der Waals surface area contributed by atoms with Crippen molar-refractivity contribution >= 4 is 11.9 Å². The summed E-state index contributed by atoms with van der Waals surface area (Å²) in [6.45, 7) is 0.704. The Kier molecular flexibility index (Phi) is 4.45. The Labute approximate surface area is 116 Å². The average molecular weight is 279 g/mol. The Morgan fingerprint density at radius 1 is 1.25 bits per heavy atom. The van der Waals surface area contributed by atoms with Gasteiger partial charge in [0.2, 0.25) is 0 Å². The molecule has 1 fully saturated rings. The van der Waals surface area contributed by atoms with Crippen molar-refractivity contribution in [3.63, 3.8) is 0 Å². The van der Waals surface area contributed by atoms with E-state index < -0.39 is 5.97 Å². The minimum Gasteiger partial charge on any atom is -0.504 e. The summed E-state index contributed by atoms with van der Waals surface area (Å²) >= 11 is 0. The van der Waals surface area contributed by atoms with E-state index in [9.17, 15) is 14.7 Å². The monoisotopic (exact) mass is 279 g/mol. The topological polar surface area (TPSA) is 87.1 Å². The molecular weight excluding hydrogens is 262 g/mol. The van der Waals surface area contributed by atoms with Crippen LogP contribution >= 0.6 is 0 Å². The number of likely N-dealkylation sites (tertiary alicyclic amines) is 1. The summed E-state index contributed by atoms with van der Waals surface area (Å²) in [5.41, 5.74) is 0. The van der Waals surface area contributed by atoms with E-state index >= 15 is 0 Å². The molecule has 1 aliphatic rings. The van der Waals surface area contributed by atoms with Gasteiger partial charge in [0.1, 0.15) is 0 Å². The molecule has 1 aromatic rings. The number of rotatable bonds is 4. The number of hydrogen-bond acceptors (Lipinski definition) is 4. The van der Waals surface area contributed by atoms with Crippen molar-refractivity contribution in [2.24, 2.45) is 5.92 Å². The lowest BCUT2D eigenvalue weighted by Crippen LogP contribution is -2.42. The third-order valence-corrected chi connectivity index (χ3v) is 3.41. The number of hydrogen-bond donors (Lipinski definition) is 2. The standard InChI is InChI=1S/C14H17NO5/c16-11-3-1-2-4-12(11)20-9-13(17)15-7-5-10(6-8-15)14(18)19/h1-4,10,16H,5-9H2,(H,18,19). The molecule has 0 aliphatic carbocycles. The van der Waals surface area contributed by atoms with Crippen LogP contribution in [-0.2, 0) is 9.59 Å². The Bertz CT molecular complexity index is 494. The first-order valence-corrected chi connectivity index (χ1v) is 6.49. The molecule has 0 atom stereocenters. The predicted molar refractivity (Wildman–Crippen MR) is 70.5 cm³/mol. The molecule has 108 valence electrons. The van der Waals surface area contributed by atoms with Crippen LogP contribution in [0.25, 0.3) is 0 Å². The molecular formula is C14H17NO5. The van der Waals surface area contributed by atoms with Gasteiger partial charge in [0.15, 0.2) is 18.1 Å². The molecule has 6 heteroatoms. The van der Waals surface area contributed by atoms with Crippen molar-refractivity contribution in [2.75, 3.05) is 19.7 Å². The molecule has 0 saturated carbocycles. The lowest BCUT2D eigenvalue weighted by molar-refractivity contribution is -0.146. The van der Waals surface area contributed by atoms with Crippen LogP contribution in [0.5, 0.6) is 11.5 Å². The Hall–Kier alpha value is -2.24. The van der Waals surface area contributed by atoms with Crippen LogP contribution in [0.3, 0.4) is 0 Å². The second kappa shape index (κ2) is 6.27. The molecule has 0 bridgehead atoms. The van der Waals surface area contributed by atoms with Gasteiger partial charge in [-0.05, 0) is 25.0 Å². The molecule has 2 rings (SSSR count). The van der Waals surface area contributed by atoms with E-state index in [1.54, 1.807) is 23.1 Å². The van der Waals surface area contributed by atoms with Gasteiger partial charge in [-0.1, -0.05) is 12.1 Å². The lowest BCUT2D eigenvalue weighted by atomic mass is 9.97. The highest BCUT2D eigenvalue weighted by Gasteiger charge is 2.27. The molecule has 0 radical (unpaired) electrons. The van der Waals surface area contributed by atoms with E-state index in [1.165, 1.54) is 6.07 Å². The van der Waals surface area contributed by atoms with E-state index in [1.807, 2.05) is 0 Å². The fraction of sp³-hybridized carbons (Fsp3) is 0.429. The van der Waals surface area contributed by atoms with Crippen LogP contribution < -0.4 is 4.74 Å². The third-order valence-electron chi connectivity index (χ3n) is 3.41. The number of carbonyl (C=O) groups excluding carboxylic acids is 1. The number of amides is 1. The van der Waals surface area contributed by atoms with Gasteiger partial charge >= 0.3 is 5.97 Å². The maximum atomic E-state index is 11.9. The van der Waals surface area contributed by atoms with Gasteiger partial charge < -0.3 is 19.8 Å². The highest BCUT2D eigenvalue weighted by molar-refractivity contribution is 5.78.